The highest BCUT2D eigenvalue weighted by Gasteiger charge is 2.15. The van der Waals surface area contributed by atoms with Crippen molar-refractivity contribution < 1.29 is 4.39 Å². The van der Waals surface area contributed by atoms with Gasteiger partial charge in [-0.3, -0.25) is 0 Å². The summed E-state index contributed by atoms with van der Waals surface area (Å²) in [5.74, 6) is -0.175. The molecule has 1 unspecified atom stereocenters. The lowest BCUT2D eigenvalue weighted by Gasteiger charge is -2.11. The third kappa shape index (κ3) is 2.78. The van der Waals surface area contributed by atoms with Gasteiger partial charge in [0.05, 0.1) is 4.83 Å². The van der Waals surface area contributed by atoms with Gasteiger partial charge in [0.15, 0.2) is 0 Å². The second kappa shape index (κ2) is 5.32. The normalized spacial score (nSPS) is 12.7. The van der Waals surface area contributed by atoms with E-state index in [9.17, 15) is 4.39 Å². The molecule has 1 heterocycles. The monoisotopic (exact) mass is 312 g/mol. The fourth-order valence-corrected chi connectivity index (χ4v) is 3.69. The summed E-state index contributed by atoms with van der Waals surface area (Å²) in [4.78, 5) is 2.81. The molecule has 0 bridgehead atoms. The van der Waals surface area contributed by atoms with Crippen LogP contribution in [0.25, 0.3) is 0 Å². The Kier molecular flexibility index (Phi) is 4.00. The zero-order chi connectivity index (χ0) is 12.4. The number of aryl methyl sites for hydroxylation is 2. The average molecular weight is 313 g/mol. The first-order chi connectivity index (χ1) is 8.11. The van der Waals surface area contributed by atoms with E-state index in [1.54, 1.807) is 6.07 Å². The molecule has 2 aromatic rings. The van der Waals surface area contributed by atoms with Crippen LogP contribution in [-0.2, 0) is 6.42 Å². The fourth-order valence-electron chi connectivity index (χ4n) is 1.80. The first-order valence-corrected chi connectivity index (χ1v) is 7.33. The summed E-state index contributed by atoms with van der Waals surface area (Å²) in [7, 11) is 0. The van der Waals surface area contributed by atoms with Gasteiger partial charge in [-0.2, -0.15) is 0 Å². The molecule has 0 spiro atoms. The maximum absolute atomic E-state index is 13.1. The van der Waals surface area contributed by atoms with Gasteiger partial charge in [-0.05, 0) is 48.7 Å². The molecule has 0 fully saturated rings. The maximum Gasteiger partial charge on any atom is 0.123 e. The molecule has 0 radical (unpaired) electrons. The van der Waals surface area contributed by atoms with Gasteiger partial charge >= 0.3 is 0 Å². The first-order valence-electron chi connectivity index (χ1n) is 5.60. The third-order valence-corrected chi connectivity index (χ3v) is 5.37. The van der Waals surface area contributed by atoms with Gasteiger partial charge in [0.2, 0.25) is 0 Å². The molecule has 17 heavy (non-hydrogen) atoms. The molecule has 1 atom stereocenters. The number of thiophene rings is 1. The number of halogens is 2. The smallest absolute Gasteiger partial charge is 0.123 e. The summed E-state index contributed by atoms with van der Waals surface area (Å²) >= 11 is 5.51. The second-order valence-electron chi connectivity index (χ2n) is 4.02. The Morgan fingerprint density at radius 1 is 1.29 bits per heavy atom. The van der Waals surface area contributed by atoms with Crippen molar-refractivity contribution in [2.24, 2.45) is 0 Å². The number of hydrogen-bond acceptors (Lipinski definition) is 1. The molecular formula is C14H14BrFS. The van der Waals surface area contributed by atoms with Gasteiger partial charge in [0.25, 0.3) is 0 Å². The predicted octanol–water partition coefficient (Wildman–Crippen LogP) is 5.24. The lowest BCUT2D eigenvalue weighted by atomic mass is 10.0. The van der Waals surface area contributed by atoms with Crippen LogP contribution in [0, 0.1) is 12.7 Å². The molecule has 0 aliphatic carbocycles. The standard InChI is InChI=1S/C14H14BrFS/c1-3-11-5-7-13(17-11)14(15)12-6-4-10(16)8-9(12)2/h4-8,14H,3H2,1-2H3. The van der Waals surface area contributed by atoms with E-state index in [1.165, 1.54) is 15.8 Å². The van der Waals surface area contributed by atoms with Crippen molar-refractivity contribution in [3.8, 4) is 0 Å². The third-order valence-electron chi connectivity index (χ3n) is 2.79. The van der Waals surface area contributed by atoms with Gasteiger partial charge in [-0.25, -0.2) is 4.39 Å². The van der Waals surface area contributed by atoms with Crippen LogP contribution in [0.4, 0.5) is 4.39 Å². The molecule has 0 nitrogen and oxygen atoms in total. The van der Waals surface area contributed by atoms with Crippen molar-refractivity contribution in [1.29, 1.82) is 0 Å². The van der Waals surface area contributed by atoms with E-state index in [0.717, 1.165) is 17.5 Å². The summed E-state index contributed by atoms with van der Waals surface area (Å²) in [5.41, 5.74) is 2.12. The Morgan fingerprint density at radius 2 is 2.06 bits per heavy atom. The summed E-state index contributed by atoms with van der Waals surface area (Å²) in [6, 6.07) is 9.26. The number of hydrogen-bond donors (Lipinski definition) is 0. The van der Waals surface area contributed by atoms with Crippen molar-refractivity contribution in [2.75, 3.05) is 0 Å². The van der Waals surface area contributed by atoms with Crippen LogP contribution in [0.3, 0.4) is 0 Å². The van der Waals surface area contributed by atoms with Crippen LogP contribution < -0.4 is 0 Å². The van der Waals surface area contributed by atoms with Crippen LogP contribution in [0.1, 0.15) is 32.6 Å². The number of benzene rings is 1. The summed E-state index contributed by atoms with van der Waals surface area (Å²) in [6.07, 6.45) is 1.06. The lowest BCUT2D eigenvalue weighted by Crippen LogP contribution is -1.94. The van der Waals surface area contributed by atoms with E-state index in [1.807, 2.05) is 24.3 Å². The maximum atomic E-state index is 13.1. The van der Waals surface area contributed by atoms with Gasteiger partial charge in [0.1, 0.15) is 5.82 Å². The molecule has 0 aliphatic heterocycles. The molecule has 1 aromatic heterocycles. The van der Waals surface area contributed by atoms with E-state index in [0.29, 0.717) is 0 Å². The number of rotatable bonds is 3. The zero-order valence-electron chi connectivity index (χ0n) is 9.84. The minimum absolute atomic E-state index is 0.161. The van der Waals surface area contributed by atoms with Crippen LogP contribution in [0.2, 0.25) is 0 Å². The largest absolute Gasteiger partial charge is 0.207 e. The average Bonchev–Trinajstić information content (AvgIpc) is 2.76. The van der Waals surface area contributed by atoms with Crippen molar-refractivity contribution in [3.05, 3.63) is 57.0 Å². The molecule has 3 heteroatoms. The highest BCUT2D eigenvalue weighted by Crippen LogP contribution is 2.37. The zero-order valence-corrected chi connectivity index (χ0v) is 12.2. The summed E-state index contributed by atoms with van der Waals surface area (Å²) in [6.45, 7) is 4.10. The minimum atomic E-state index is -0.175. The fraction of sp³-hybridized carbons (Fsp3) is 0.286. The van der Waals surface area contributed by atoms with Gasteiger partial charge in [-0.1, -0.05) is 28.9 Å². The van der Waals surface area contributed by atoms with Gasteiger partial charge < -0.3 is 0 Å². The molecular weight excluding hydrogens is 299 g/mol. The topological polar surface area (TPSA) is 0 Å². The minimum Gasteiger partial charge on any atom is -0.207 e. The predicted molar refractivity (Wildman–Crippen MR) is 75.6 cm³/mol. The van der Waals surface area contributed by atoms with E-state index >= 15 is 0 Å². The molecule has 1 aromatic carbocycles. The van der Waals surface area contributed by atoms with E-state index < -0.39 is 0 Å². The second-order valence-corrected chi connectivity index (χ2v) is 6.14. The SMILES string of the molecule is CCc1ccc(C(Br)c2ccc(F)cc2C)s1. The first kappa shape index (κ1) is 12.8. The summed E-state index contributed by atoms with van der Waals surface area (Å²) < 4.78 is 13.1. The lowest BCUT2D eigenvalue weighted by molar-refractivity contribution is 0.626. The van der Waals surface area contributed by atoms with E-state index in [2.05, 4.69) is 35.0 Å². The Bertz CT molecular complexity index is 519. The molecule has 0 saturated carbocycles. The van der Waals surface area contributed by atoms with Crippen LogP contribution >= 0.6 is 27.3 Å². The Hall–Kier alpha value is -0.670. The summed E-state index contributed by atoms with van der Waals surface area (Å²) in [5, 5.41) is 0. The molecule has 0 saturated heterocycles. The van der Waals surface area contributed by atoms with Crippen molar-refractivity contribution in [1.82, 2.24) is 0 Å². The van der Waals surface area contributed by atoms with Crippen molar-refractivity contribution >= 4 is 27.3 Å². The molecule has 0 amide bonds. The van der Waals surface area contributed by atoms with Gasteiger partial charge in [-0.15, -0.1) is 11.3 Å². The molecule has 0 aliphatic rings. The quantitative estimate of drug-likeness (QED) is 0.680. The van der Waals surface area contributed by atoms with Crippen molar-refractivity contribution in [3.63, 3.8) is 0 Å². The van der Waals surface area contributed by atoms with Crippen LogP contribution in [0.5, 0.6) is 0 Å². The highest BCUT2D eigenvalue weighted by atomic mass is 79.9. The Morgan fingerprint density at radius 3 is 2.65 bits per heavy atom. The van der Waals surface area contributed by atoms with Gasteiger partial charge in [0, 0.05) is 9.75 Å². The van der Waals surface area contributed by atoms with Crippen LogP contribution in [0.15, 0.2) is 30.3 Å². The van der Waals surface area contributed by atoms with Crippen molar-refractivity contribution in [2.45, 2.75) is 25.1 Å². The molecule has 90 valence electrons. The van der Waals surface area contributed by atoms with E-state index in [-0.39, 0.29) is 10.6 Å². The highest BCUT2D eigenvalue weighted by molar-refractivity contribution is 9.09. The Balaban J connectivity index is 2.33. The van der Waals surface area contributed by atoms with Crippen LogP contribution in [-0.4, -0.2) is 0 Å². The molecule has 0 N–H and O–H groups in total. The Labute approximate surface area is 114 Å². The molecule has 2 rings (SSSR count). The van der Waals surface area contributed by atoms with E-state index in [4.69, 9.17) is 0 Å². The number of alkyl halides is 1.